The van der Waals surface area contributed by atoms with Crippen LogP contribution in [-0.2, 0) is 7.05 Å². The highest BCUT2D eigenvalue weighted by Gasteiger charge is 2.11. The van der Waals surface area contributed by atoms with E-state index in [1.165, 1.54) is 5.56 Å². The predicted octanol–water partition coefficient (Wildman–Crippen LogP) is 1.92. The molecule has 72 valence electrons. The van der Waals surface area contributed by atoms with Gasteiger partial charge < -0.3 is 0 Å². The zero-order valence-electron chi connectivity index (χ0n) is 8.59. The summed E-state index contributed by atoms with van der Waals surface area (Å²) in [4.78, 5) is 0. The Morgan fingerprint density at radius 2 is 1.93 bits per heavy atom. The SMILES string of the molecule is CC(c1ccccc1)n1cc[n+](C)c1. The number of hydrogen-bond donors (Lipinski definition) is 0. The summed E-state index contributed by atoms with van der Waals surface area (Å²) in [5, 5.41) is 0. The van der Waals surface area contributed by atoms with Crippen LogP contribution in [0.2, 0.25) is 0 Å². The molecule has 1 aromatic heterocycles. The van der Waals surface area contributed by atoms with Gasteiger partial charge in [-0.15, -0.1) is 0 Å². The lowest BCUT2D eigenvalue weighted by atomic mass is 10.1. The van der Waals surface area contributed by atoms with E-state index in [1.807, 2.05) is 13.1 Å². The highest BCUT2D eigenvalue weighted by atomic mass is 15.1. The van der Waals surface area contributed by atoms with Crippen LogP contribution >= 0.6 is 0 Å². The van der Waals surface area contributed by atoms with Gasteiger partial charge in [-0.1, -0.05) is 30.3 Å². The number of aryl methyl sites for hydroxylation is 1. The van der Waals surface area contributed by atoms with Crippen LogP contribution in [0.1, 0.15) is 18.5 Å². The standard InChI is InChI=1S/C12H15N2/c1-11(12-6-4-3-5-7-12)14-9-8-13(2)10-14/h3-11H,1-2H3/q+1. The van der Waals surface area contributed by atoms with Crippen LogP contribution in [0.5, 0.6) is 0 Å². The summed E-state index contributed by atoms with van der Waals surface area (Å²) in [5.74, 6) is 0. The molecular formula is C12H15N2+. The monoisotopic (exact) mass is 187 g/mol. The summed E-state index contributed by atoms with van der Waals surface area (Å²) in [5.41, 5.74) is 1.34. The second-order valence-electron chi connectivity index (χ2n) is 3.61. The zero-order valence-corrected chi connectivity index (χ0v) is 8.59. The Kier molecular flexibility index (Phi) is 2.35. The minimum atomic E-state index is 0.400. The smallest absolute Gasteiger partial charge is 0.240 e. The Bertz CT molecular complexity index is 403. The molecule has 0 amide bonds. The fourth-order valence-corrected chi connectivity index (χ4v) is 1.60. The van der Waals surface area contributed by atoms with Gasteiger partial charge in [0, 0.05) is 0 Å². The third-order valence-corrected chi connectivity index (χ3v) is 2.52. The molecular weight excluding hydrogens is 172 g/mol. The number of hydrogen-bond acceptors (Lipinski definition) is 0. The van der Waals surface area contributed by atoms with Gasteiger partial charge in [0.25, 0.3) is 0 Å². The molecule has 0 aliphatic carbocycles. The Balaban J connectivity index is 2.29. The van der Waals surface area contributed by atoms with Crippen molar-refractivity contribution in [1.82, 2.24) is 4.57 Å². The summed E-state index contributed by atoms with van der Waals surface area (Å²) < 4.78 is 4.26. The molecule has 0 saturated carbocycles. The van der Waals surface area contributed by atoms with E-state index in [1.54, 1.807) is 0 Å². The first-order valence-corrected chi connectivity index (χ1v) is 4.85. The van der Waals surface area contributed by atoms with Crippen molar-refractivity contribution in [3.63, 3.8) is 0 Å². The van der Waals surface area contributed by atoms with Gasteiger partial charge in [0.1, 0.15) is 18.4 Å². The Morgan fingerprint density at radius 3 is 2.50 bits per heavy atom. The highest BCUT2D eigenvalue weighted by Crippen LogP contribution is 2.15. The van der Waals surface area contributed by atoms with Crippen molar-refractivity contribution in [2.75, 3.05) is 0 Å². The molecule has 0 radical (unpaired) electrons. The molecule has 0 N–H and O–H groups in total. The summed E-state index contributed by atoms with van der Waals surface area (Å²) in [6, 6.07) is 10.9. The third-order valence-electron chi connectivity index (χ3n) is 2.52. The maximum atomic E-state index is 2.20. The molecule has 0 aliphatic heterocycles. The lowest BCUT2D eigenvalue weighted by molar-refractivity contribution is -0.671. The number of imidazole rings is 1. The second-order valence-corrected chi connectivity index (χ2v) is 3.61. The fraction of sp³-hybridized carbons (Fsp3) is 0.250. The van der Waals surface area contributed by atoms with Crippen LogP contribution < -0.4 is 4.57 Å². The highest BCUT2D eigenvalue weighted by molar-refractivity contribution is 5.18. The van der Waals surface area contributed by atoms with Crippen LogP contribution in [0.3, 0.4) is 0 Å². The first-order chi connectivity index (χ1) is 6.77. The largest absolute Gasteiger partial charge is 0.244 e. The van der Waals surface area contributed by atoms with Gasteiger partial charge in [-0.05, 0) is 12.5 Å². The molecule has 1 heterocycles. The van der Waals surface area contributed by atoms with Crippen molar-refractivity contribution in [2.45, 2.75) is 13.0 Å². The van der Waals surface area contributed by atoms with Gasteiger partial charge in [-0.3, -0.25) is 0 Å². The molecule has 2 heteroatoms. The molecule has 1 aromatic carbocycles. The molecule has 0 fully saturated rings. The van der Waals surface area contributed by atoms with Crippen molar-refractivity contribution >= 4 is 0 Å². The first kappa shape index (κ1) is 9.00. The second kappa shape index (κ2) is 3.66. The van der Waals surface area contributed by atoms with Gasteiger partial charge >= 0.3 is 0 Å². The van der Waals surface area contributed by atoms with E-state index < -0.39 is 0 Å². The number of aromatic nitrogens is 2. The minimum absolute atomic E-state index is 0.400. The molecule has 0 spiro atoms. The van der Waals surface area contributed by atoms with E-state index >= 15 is 0 Å². The normalized spacial score (nSPS) is 12.7. The number of nitrogens with zero attached hydrogens (tertiary/aromatic N) is 2. The minimum Gasteiger partial charge on any atom is -0.240 e. The Labute approximate surface area is 84.4 Å². The van der Waals surface area contributed by atoms with Crippen LogP contribution in [-0.4, -0.2) is 4.57 Å². The Morgan fingerprint density at radius 1 is 1.21 bits per heavy atom. The lowest BCUT2D eigenvalue weighted by Gasteiger charge is -2.07. The van der Waals surface area contributed by atoms with E-state index in [0.717, 1.165) is 0 Å². The Hall–Kier alpha value is -1.57. The molecule has 1 atom stereocenters. The van der Waals surface area contributed by atoms with E-state index in [0.29, 0.717) is 6.04 Å². The van der Waals surface area contributed by atoms with Gasteiger partial charge in [-0.25, -0.2) is 9.13 Å². The van der Waals surface area contributed by atoms with Crippen LogP contribution in [0, 0.1) is 0 Å². The quantitative estimate of drug-likeness (QED) is 0.635. The summed E-state index contributed by atoms with van der Waals surface area (Å²) >= 11 is 0. The van der Waals surface area contributed by atoms with E-state index in [9.17, 15) is 0 Å². The molecule has 1 unspecified atom stereocenters. The summed E-state index contributed by atoms with van der Waals surface area (Å²) in [6.45, 7) is 2.20. The topological polar surface area (TPSA) is 8.81 Å². The van der Waals surface area contributed by atoms with E-state index in [-0.39, 0.29) is 0 Å². The molecule has 2 aromatic rings. The summed E-state index contributed by atoms with van der Waals surface area (Å²) in [6.07, 6.45) is 6.24. The molecule has 2 nitrogen and oxygen atoms in total. The van der Waals surface area contributed by atoms with Crippen molar-refractivity contribution < 1.29 is 4.57 Å². The van der Waals surface area contributed by atoms with Gasteiger partial charge in [-0.2, -0.15) is 0 Å². The lowest BCUT2D eigenvalue weighted by Crippen LogP contribution is -2.24. The fourth-order valence-electron chi connectivity index (χ4n) is 1.60. The van der Waals surface area contributed by atoms with Crippen molar-refractivity contribution in [1.29, 1.82) is 0 Å². The van der Waals surface area contributed by atoms with Crippen LogP contribution in [0.15, 0.2) is 49.1 Å². The maximum Gasteiger partial charge on any atom is 0.244 e. The third kappa shape index (κ3) is 1.69. The maximum absolute atomic E-state index is 2.20. The molecule has 0 aliphatic rings. The summed E-state index contributed by atoms with van der Waals surface area (Å²) in [7, 11) is 2.04. The zero-order chi connectivity index (χ0) is 9.97. The van der Waals surface area contributed by atoms with Crippen LogP contribution in [0.25, 0.3) is 0 Å². The predicted molar refractivity (Wildman–Crippen MR) is 55.9 cm³/mol. The molecule has 2 rings (SSSR count). The molecule has 0 bridgehead atoms. The average Bonchev–Trinajstić information content (AvgIpc) is 2.65. The number of rotatable bonds is 2. The van der Waals surface area contributed by atoms with Crippen LogP contribution in [0.4, 0.5) is 0 Å². The van der Waals surface area contributed by atoms with Crippen molar-refractivity contribution in [2.24, 2.45) is 7.05 Å². The van der Waals surface area contributed by atoms with Gasteiger partial charge in [0.15, 0.2) is 0 Å². The van der Waals surface area contributed by atoms with Gasteiger partial charge in [0.2, 0.25) is 6.33 Å². The number of benzene rings is 1. The average molecular weight is 187 g/mol. The molecule has 0 saturated heterocycles. The molecule has 14 heavy (non-hydrogen) atoms. The first-order valence-electron chi connectivity index (χ1n) is 4.85. The van der Waals surface area contributed by atoms with Crippen molar-refractivity contribution in [3.8, 4) is 0 Å². The van der Waals surface area contributed by atoms with Gasteiger partial charge in [0.05, 0.1) is 7.05 Å². The van der Waals surface area contributed by atoms with Crippen molar-refractivity contribution in [3.05, 3.63) is 54.6 Å². The van der Waals surface area contributed by atoms with E-state index in [4.69, 9.17) is 0 Å². The van der Waals surface area contributed by atoms with E-state index in [2.05, 4.69) is 59.0 Å².